The quantitative estimate of drug-likeness (QED) is 0.189. The number of hydrogen-bond donors (Lipinski definition) is 2. The molecule has 2 aromatic carbocycles. The number of nitrogens with zero attached hydrogens (tertiary/aromatic N) is 1. The van der Waals surface area contributed by atoms with E-state index in [1.165, 1.54) is 11.1 Å². The van der Waals surface area contributed by atoms with Crippen LogP contribution in [0.2, 0.25) is 23.2 Å². The minimum Gasteiger partial charge on any atom is -0.490 e. The van der Waals surface area contributed by atoms with Crippen molar-refractivity contribution in [1.82, 2.24) is 0 Å². The first-order valence-electron chi connectivity index (χ1n) is 17.9. The highest BCUT2D eigenvalue weighted by molar-refractivity contribution is 7.89. The van der Waals surface area contributed by atoms with Gasteiger partial charge >= 0.3 is 5.97 Å². The first-order chi connectivity index (χ1) is 22.9. The molecule has 6 atom stereocenters. The molecule has 2 aromatic rings. The molecule has 0 radical (unpaired) electrons. The number of carbonyl (C=O) groups is 1. The van der Waals surface area contributed by atoms with E-state index < -0.39 is 24.3 Å². The maximum absolute atomic E-state index is 12.1. The number of sulfonamides is 1. The minimum atomic E-state index is -3.52. The molecule has 0 amide bonds. The molecular formula is C38H53ClN2O6SSi. The first-order valence-corrected chi connectivity index (χ1v) is 22.9. The summed E-state index contributed by atoms with van der Waals surface area (Å²) in [5.41, 5.74) is 3.38. The molecule has 4 aliphatic rings. The molecular weight excluding hydrogens is 676 g/mol. The molecule has 3 N–H and O–H groups in total. The lowest BCUT2D eigenvalue weighted by molar-refractivity contribution is 0.0519. The van der Waals surface area contributed by atoms with Crippen molar-refractivity contribution < 1.29 is 27.5 Å². The van der Waals surface area contributed by atoms with Crippen LogP contribution in [0.3, 0.4) is 0 Å². The molecule has 49 heavy (non-hydrogen) atoms. The Morgan fingerprint density at radius 3 is 2.55 bits per heavy atom. The van der Waals surface area contributed by atoms with Gasteiger partial charge in [-0.2, -0.15) is 0 Å². The van der Waals surface area contributed by atoms with Crippen LogP contribution < -0.4 is 14.8 Å². The summed E-state index contributed by atoms with van der Waals surface area (Å²) in [6.07, 6.45) is 11.3. The lowest BCUT2D eigenvalue weighted by atomic mass is 9.68. The maximum atomic E-state index is 12.1. The summed E-state index contributed by atoms with van der Waals surface area (Å²) in [5, 5.41) is 16.1. The fourth-order valence-corrected chi connectivity index (χ4v) is 10.7. The molecule has 1 aliphatic heterocycles. The van der Waals surface area contributed by atoms with Crippen molar-refractivity contribution in [2.75, 3.05) is 30.3 Å². The number of halogens is 1. The average Bonchev–Trinajstić information content (AvgIpc) is 3.13. The Labute approximate surface area is 298 Å². The Bertz CT molecular complexity index is 1710. The molecule has 8 nitrogen and oxygen atoms in total. The third-order valence-corrected chi connectivity index (χ3v) is 17.9. The Kier molecular flexibility index (Phi) is 10.1. The minimum absolute atomic E-state index is 0.0215. The summed E-state index contributed by atoms with van der Waals surface area (Å²) in [5.74, 6) is 0.638. The highest BCUT2D eigenvalue weighted by Gasteiger charge is 2.47. The highest BCUT2D eigenvalue weighted by atomic mass is 35.5. The van der Waals surface area contributed by atoms with Gasteiger partial charge in [0.05, 0.1) is 29.7 Å². The summed E-state index contributed by atoms with van der Waals surface area (Å²) >= 11 is 6.45. The summed E-state index contributed by atoms with van der Waals surface area (Å²) in [4.78, 5) is 14.5. The molecule has 6 rings (SSSR count). The Morgan fingerprint density at radius 1 is 1.16 bits per heavy atom. The Morgan fingerprint density at radius 2 is 1.92 bits per heavy atom. The molecule has 1 heterocycles. The van der Waals surface area contributed by atoms with Gasteiger partial charge in [0.2, 0.25) is 10.0 Å². The number of benzene rings is 2. The first kappa shape index (κ1) is 36.4. The summed E-state index contributed by atoms with van der Waals surface area (Å²) in [7, 11) is -5.68. The molecule has 1 spiro atoms. The molecule has 0 saturated heterocycles. The molecule has 0 bridgehead atoms. The topological polar surface area (TPSA) is 119 Å². The van der Waals surface area contributed by atoms with Crippen LogP contribution in [-0.2, 0) is 26.3 Å². The van der Waals surface area contributed by atoms with Crippen molar-refractivity contribution in [2.24, 2.45) is 28.8 Å². The number of carboxylic acid groups (broad SMARTS) is 1. The lowest BCUT2D eigenvalue weighted by Gasteiger charge is -2.48. The van der Waals surface area contributed by atoms with Gasteiger partial charge in [-0.25, -0.2) is 18.4 Å². The van der Waals surface area contributed by atoms with Gasteiger partial charge in [-0.15, -0.1) is 0 Å². The molecule has 3 aliphatic carbocycles. The maximum Gasteiger partial charge on any atom is 0.335 e. The largest absolute Gasteiger partial charge is 0.490 e. The van der Waals surface area contributed by atoms with Crippen LogP contribution in [-0.4, -0.2) is 59.4 Å². The number of carboxylic acids is 1. The predicted molar refractivity (Wildman–Crippen MR) is 199 cm³/mol. The second-order valence-corrected chi connectivity index (χ2v) is 23.5. The van der Waals surface area contributed by atoms with E-state index in [0.717, 1.165) is 74.5 Å². The molecule has 11 heteroatoms. The van der Waals surface area contributed by atoms with E-state index in [4.69, 9.17) is 25.9 Å². The second kappa shape index (κ2) is 13.6. The van der Waals surface area contributed by atoms with E-state index in [1.54, 1.807) is 12.1 Å². The molecule has 2 fully saturated rings. The average molecular weight is 729 g/mol. The molecule has 0 aromatic heterocycles. The number of rotatable bonds is 10. The fraction of sp³-hybridized carbons (Fsp3) is 0.605. The van der Waals surface area contributed by atoms with Crippen LogP contribution in [0, 0.1) is 23.7 Å². The van der Waals surface area contributed by atoms with Crippen LogP contribution in [0.15, 0.2) is 48.6 Å². The normalized spacial score (nSPS) is 27.8. The van der Waals surface area contributed by atoms with Crippen molar-refractivity contribution in [2.45, 2.75) is 95.4 Å². The van der Waals surface area contributed by atoms with Crippen LogP contribution in [0.4, 0.5) is 5.69 Å². The van der Waals surface area contributed by atoms with Gasteiger partial charge in [0.15, 0.2) is 8.32 Å². The number of aryl methyl sites for hydroxylation is 1. The smallest absolute Gasteiger partial charge is 0.335 e. The van der Waals surface area contributed by atoms with Gasteiger partial charge in [-0.3, -0.25) is 0 Å². The van der Waals surface area contributed by atoms with E-state index >= 15 is 0 Å². The third kappa shape index (κ3) is 7.78. The summed E-state index contributed by atoms with van der Waals surface area (Å²) < 4.78 is 37.5. The van der Waals surface area contributed by atoms with Crippen LogP contribution in [0.1, 0.15) is 80.8 Å². The van der Waals surface area contributed by atoms with Gasteiger partial charge in [0.1, 0.15) is 5.75 Å². The van der Waals surface area contributed by atoms with E-state index in [0.29, 0.717) is 12.5 Å². The number of hydrogen-bond acceptors (Lipinski definition) is 6. The van der Waals surface area contributed by atoms with Crippen molar-refractivity contribution in [3.63, 3.8) is 0 Å². The van der Waals surface area contributed by atoms with Gasteiger partial charge in [0, 0.05) is 23.5 Å². The molecule has 268 valence electrons. The number of primary sulfonamides is 1. The Hall–Kier alpha value is -2.37. The van der Waals surface area contributed by atoms with E-state index in [9.17, 15) is 18.3 Å². The zero-order chi connectivity index (χ0) is 35.4. The highest BCUT2D eigenvalue weighted by Crippen LogP contribution is 2.48. The van der Waals surface area contributed by atoms with Crippen LogP contribution in [0.5, 0.6) is 5.75 Å². The van der Waals surface area contributed by atoms with Crippen LogP contribution in [0.25, 0.3) is 0 Å². The van der Waals surface area contributed by atoms with Gasteiger partial charge < -0.3 is 19.2 Å². The van der Waals surface area contributed by atoms with Gasteiger partial charge in [0.25, 0.3) is 0 Å². The number of anilines is 1. The standard InChI is InChI=1S/C38H53ClN2O6SSi/c1-37(2,3)49(4,5)47-34(16-11-25-8-9-29(25)22-48(40,44)45)31-14-10-28(31)21-41-23-38(18-6-7-26-19-30(39)13-15-32(26)38)24-46-35-17-12-27(36(42)43)20-33(35)41/h11-13,15-17,19-20,25,28-29,31,34H,6-10,14,18,21-24H2,1-5H3,(H,42,43)(H2,40,44,45)/b16-11-/t25-,28+,29-,31-,34+,38?/m1/s1. The van der Waals surface area contributed by atoms with Crippen molar-refractivity contribution >= 4 is 41.6 Å². The number of nitrogens with two attached hydrogens (primary N) is 1. The monoisotopic (exact) mass is 728 g/mol. The number of fused-ring (bicyclic) bond motifs is 3. The van der Waals surface area contributed by atoms with Gasteiger partial charge in [-0.05, 0) is 128 Å². The zero-order valence-corrected chi connectivity index (χ0v) is 32.2. The number of allylic oxidation sites excluding steroid dienone is 1. The SMILES string of the molecule is CC(C)(C)[Si](C)(C)O[C@@H](/C=C\[C@H]1CC[C@@H]1CS(N)(=O)=O)[C@@H]1CC[C@H]1CN1CC2(CCCc3cc(Cl)ccc32)COc2ccc(C(=O)O)cc21. The number of aromatic carboxylic acids is 1. The van der Waals surface area contributed by atoms with Crippen LogP contribution >= 0.6 is 11.6 Å². The Balaban J connectivity index is 1.31. The van der Waals surface area contributed by atoms with Crippen molar-refractivity contribution in [3.8, 4) is 5.75 Å². The van der Waals surface area contributed by atoms with Crippen molar-refractivity contribution in [3.05, 3.63) is 70.3 Å². The summed E-state index contributed by atoms with van der Waals surface area (Å²) in [6.45, 7) is 13.4. The predicted octanol–water partition coefficient (Wildman–Crippen LogP) is 7.80. The van der Waals surface area contributed by atoms with E-state index in [1.807, 2.05) is 12.1 Å². The lowest BCUT2D eigenvalue weighted by Crippen LogP contribution is -2.52. The van der Waals surface area contributed by atoms with Crippen molar-refractivity contribution in [1.29, 1.82) is 0 Å². The second-order valence-electron chi connectivity index (χ2n) is 16.7. The van der Waals surface area contributed by atoms with E-state index in [-0.39, 0.29) is 45.6 Å². The zero-order valence-electron chi connectivity index (χ0n) is 29.6. The van der Waals surface area contributed by atoms with Gasteiger partial charge in [-0.1, -0.05) is 50.6 Å². The molecule has 2 saturated carbocycles. The third-order valence-electron chi connectivity index (χ3n) is 12.3. The van der Waals surface area contributed by atoms with E-state index in [2.05, 4.69) is 63.0 Å². The fourth-order valence-electron chi connectivity index (χ4n) is 8.18. The summed E-state index contributed by atoms with van der Waals surface area (Å²) in [6, 6.07) is 11.5. The number of ether oxygens (including phenoxy) is 1. The molecule has 1 unspecified atom stereocenters.